The number of aryl methyl sites for hydroxylation is 3. The molecule has 0 saturated carbocycles. The fourth-order valence-corrected chi connectivity index (χ4v) is 3.92. The lowest BCUT2D eigenvalue weighted by atomic mass is 10.2. The minimum absolute atomic E-state index is 0.198. The van der Waals surface area contributed by atoms with Crippen LogP contribution in [0.4, 0.5) is 0 Å². The number of fused-ring (bicyclic) bond motifs is 1. The molecule has 2 aromatic heterocycles. The molecule has 3 aromatic rings. The number of aromatic nitrogens is 2. The maximum absolute atomic E-state index is 12.3. The molecule has 0 unspecified atom stereocenters. The fraction of sp³-hybridized carbons (Fsp3) is 0.381. The van der Waals surface area contributed by atoms with Gasteiger partial charge in [0, 0.05) is 11.3 Å². The predicted octanol–water partition coefficient (Wildman–Crippen LogP) is 4.37. The number of nitrogens with zero attached hydrogens (tertiary/aromatic N) is 1. The third-order valence-electron chi connectivity index (χ3n) is 4.53. The molecule has 0 aliphatic rings. The number of carbonyl (C=O) groups is 1. The van der Waals surface area contributed by atoms with E-state index in [-0.39, 0.29) is 17.9 Å². The number of hydrogen-bond donors (Lipinski definition) is 1. The van der Waals surface area contributed by atoms with Gasteiger partial charge in [-0.1, -0.05) is 12.1 Å². The summed E-state index contributed by atoms with van der Waals surface area (Å²) in [6.07, 6.45) is 0.163. The summed E-state index contributed by atoms with van der Waals surface area (Å²) in [5.74, 6) is 0.808. The Bertz CT molecular complexity index is 1050. The molecule has 0 bridgehead atoms. The highest BCUT2D eigenvalue weighted by Gasteiger charge is 2.18. The lowest BCUT2D eigenvalue weighted by Crippen LogP contribution is -2.17. The SMILES string of the molecule is Cc1cccc(OCCCC(=O)O[C@H](C)c2nc3sc(C)c(C)c3c(=O)[nH]2)c1. The molecule has 28 heavy (non-hydrogen) atoms. The number of H-pyrrole nitrogens is 1. The first kappa shape index (κ1) is 20.1. The maximum atomic E-state index is 12.3. The van der Waals surface area contributed by atoms with E-state index in [9.17, 15) is 9.59 Å². The molecular weight excluding hydrogens is 376 g/mol. The smallest absolute Gasteiger partial charge is 0.306 e. The number of aromatic amines is 1. The van der Waals surface area contributed by atoms with Gasteiger partial charge < -0.3 is 14.5 Å². The summed E-state index contributed by atoms with van der Waals surface area (Å²) in [5, 5.41) is 0.609. The molecule has 1 N–H and O–H groups in total. The van der Waals surface area contributed by atoms with Crippen LogP contribution in [0.2, 0.25) is 0 Å². The lowest BCUT2D eigenvalue weighted by Gasteiger charge is -2.13. The van der Waals surface area contributed by atoms with E-state index in [4.69, 9.17) is 9.47 Å². The van der Waals surface area contributed by atoms with Crippen molar-refractivity contribution in [1.82, 2.24) is 9.97 Å². The van der Waals surface area contributed by atoms with E-state index in [1.165, 1.54) is 11.3 Å². The largest absolute Gasteiger partial charge is 0.494 e. The van der Waals surface area contributed by atoms with Gasteiger partial charge in [0.2, 0.25) is 0 Å². The number of esters is 1. The molecular formula is C21H24N2O4S. The molecule has 0 amide bonds. The average Bonchev–Trinajstić information content (AvgIpc) is 2.93. The zero-order chi connectivity index (χ0) is 20.3. The Morgan fingerprint density at radius 1 is 1.29 bits per heavy atom. The van der Waals surface area contributed by atoms with Gasteiger partial charge in [0.25, 0.3) is 5.56 Å². The first-order chi connectivity index (χ1) is 13.3. The summed E-state index contributed by atoms with van der Waals surface area (Å²) < 4.78 is 11.1. The van der Waals surface area contributed by atoms with E-state index >= 15 is 0 Å². The Kier molecular flexibility index (Phi) is 6.14. The van der Waals surface area contributed by atoms with Crippen molar-refractivity contribution in [1.29, 1.82) is 0 Å². The Hall–Kier alpha value is -2.67. The van der Waals surface area contributed by atoms with Crippen LogP contribution in [0.3, 0.4) is 0 Å². The van der Waals surface area contributed by atoms with E-state index < -0.39 is 6.10 Å². The summed E-state index contributed by atoms with van der Waals surface area (Å²) in [6, 6.07) is 7.77. The van der Waals surface area contributed by atoms with E-state index in [2.05, 4.69) is 9.97 Å². The molecule has 2 heterocycles. The molecule has 0 saturated heterocycles. The standard InChI is InChI=1S/C21H24N2O4S/c1-12-7-5-8-16(11-12)26-10-6-9-17(24)27-14(3)19-22-20(25)18-13(2)15(4)28-21(18)23-19/h5,7-8,11,14H,6,9-10H2,1-4H3,(H,22,23,25)/t14-/m1/s1. The number of hydrogen-bond acceptors (Lipinski definition) is 6. The summed E-state index contributed by atoms with van der Waals surface area (Å²) in [7, 11) is 0. The second kappa shape index (κ2) is 8.56. The molecule has 148 valence electrons. The maximum Gasteiger partial charge on any atom is 0.306 e. The third-order valence-corrected chi connectivity index (χ3v) is 5.64. The van der Waals surface area contributed by atoms with Crippen molar-refractivity contribution in [2.75, 3.05) is 6.61 Å². The lowest BCUT2D eigenvalue weighted by molar-refractivity contribution is -0.149. The molecule has 0 spiro atoms. The van der Waals surface area contributed by atoms with Gasteiger partial charge in [-0.3, -0.25) is 9.59 Å². The predicted molar refractivity (Wildman–Crippen MR) is 110 cm³/mol. The van der Waals surface area contributed by atoms with Crippen LogP contribution in [-0.2, 0) is 9.53 Å². The number of benzene rings is 1. The van der Waals surface area contributed by atoms with Crippen molar-refractivity contribution in [3.05, 3.63) is 56.4 Å². The molecule has 1 aromatic carbocycles. The fourth-order valence-electron chi connectivity index (χ4n) is 2.89. The third kappa shape index (κ3) is 4.59. The van der Waals surface area contributed by atoms with Crippen molar-refractivity contribution < 1.29 is 14.3 Å². The van der Waals surface area contributed by atoms with Gasteiger partial charge in [0.1, 0.15) is 10.6 Å². The number of rotatable bonds is 7. The van der Waals surface area contributed by atoms with Gasteiger partial charge in [-0.2, -0.15) is 0 Å². The van der Waals surface area contributed by atoms with Crippen molar-refractivity contribution >= 4 is 27.5 Å². The first-order valence-electron chi connectivity index (χ1n) is 9.24. The van der Waals surface area contributed by atoms with E-state index in [0.717, 1.165) is 21.8 Å². The Labute approximate surface area is 167 Å². The summed E-state index contributed by atoms with van der Waals surface area (Å²) in [6.45, 7) is 8.01. The Balaban J connectivity index is 1.54. The monoisotopic (exact) mass is 400 g/mol. The second-order valence-corrected chi connectivity index (χ2v) is 8.02. The minimum Gasteiger partial charge on any atom is -0.494 e. The van der Waals surface area contributed by atoms with Gasteiger partial charge in [-0.15, -0.1) is 11.3 Å². The van der Waals surface area contributed by atoms with Crippen LogP contribution in [0.5, 0.6) is 5.75 Å². The van der Waals surface area contributed by atoms with Gasteiger partial charge in [0.05, 0.1) is 12.0 Å². The molecule has 0 fully saturated rings. The number of thiophene rings is 1. The molecule has 1 atom stereocenters. The number of carbonyl (C=O) groups excluding carboxylic acids is 1. The highest BCUT2D eigenvalue weighted by molar-refractivity contribution is 7.18. The molecule has 0 aliphatic heterocycles. The molecule has 7 heteroatoms. The van der Waals surface area contributed by atoms with Crippen molar-refractivity contribution in [2.24, 2.45) is 0 Å². The van der Waals surface area contributed by atoms with Crippen LogP contribution in [0.1, 0.15) is 47.7 Å². The average molecular weight is 401 g/mol. The van der Waals surface area contributed by atoms with Gasteiger partial charge in [0.15, 0.2) is 11.9 Å². The summed E-state index contributed by atoms with van der Waals surface area (Å²) >= 11 is 1.47. The summed E-state index contributed by atoms with van der Waals surface area (Å²) in [4.78, 5) is 33.4. The van der Waals surface area contributed by atoms with Crippen LogP contribution in [0.25, 0.3) is 10.2 Å². The molecule has 0 aliphatic carbocycles. The molecule has 6 nitrogen and oxygen atoms in total. The van der Waals surface area contributed by atoms with Gasteiger partial charge >= 0.3 is 5.97 Å². The number of nitrogens with one attached hydrogen (secondary N) is 1. The zero-order valence-electron chi connectivity index (χ0n) is 16.5. The van der Waals surface area contributed by atoms with Crippen LogP contribution in [0.15, 0.2) is 29.1 Å². The van der Waals surface area contributed by atoms with Crippen molar-refractivity contribution in [3.8, 4) is 5.75 Å². The zero-order valence-corrected chi connectivity index (χ0v) is 17.3. The van der Waals surface area contributed by atoms with Crippen molar-refractivity contribution in [2.45, 2.75) is 46.6 Å². The van der Waals surface area contributed by atoms with Crippen LogP contribution in [-0.4, -0.2) is 22.5 Å². The minimum atomic E-state index is -0.620. The quantitative estimate of drug-likeness (QED) is 0.470. The van der Waals surface area contributed by atoms with Crippen molar-refractivity contribution in [3.63, 3.8) is 0 Å². The normalized spacial score (nSPS) is 12.1. The highest BCUT2D eigenvalue weighted by Crippen LogP contribution is 2.27. The second-order valence-electron chi connectivity index (χ2n) is 6.82. The topological polar surface area (TPSA) is 81.3 Å². The van der Waals surface area contributed by atoms with Crippen LogP contribution < -0.4 is 10.3 Å². The Morgan fingerprint density at radius 3 is 2.82 bits per heavy atom. The van der Waals surface area contributed by atoms with Crippen LogP contribution >= 0.6 is 11.3 Å². The van der Waals surface area contributed by atoms with Gasteiger partial charge in [-0.25, -0.2) is 4.98 Å². The summed E-state index contributed by atoms with van der Waals surface area (Å²) in [5.41, 5.74) is 1.87. The molecule has 3 rings (SSSR count). The van der Waals surface area contributed by atoms with E-state index in [1.54, 1.807) is 6.92 Å². The molecule has 0 radical (unpaired) electrons. The highest BCUT2D eigenvalue weighted by atomic mass is 32.1. The van der Waals surface area contributed by atoms with Crippen LogP contribution in [0, 0.1) is 20.8 Å². The Morgan fingerprint density at radius 2 is 2.07 bits per heavy atom. The van der Waals surface area contributed by atoms with Gasteiger partial charge in [-0.05, 0) is 57.4 Å². The van der Waals surface area contributed by atoms with E-state index in [0.29, 0.717) is 29.1 Å². The van der Waals surface area contributed by atoms with E-state index in [1.807, 2.05) is 45.0 Å². The number of ether oxygens (including phenoxy) is 2. The first-order valence-corrected chi connectivity index (χ1v) is 10.1.